The molecule has 0 amide bonds. The Hall–Kier alpha value is -5.08. The van der Waals surface area contributed by atoms with Gasteiger partial charge >= 0.3 is 0 Å². The molecule has 0 radical (unpaired) electrons. The van der Waals surface area contributed by atoms with Gasteiger partial charge in [-0.1, -0.05) is 102 Å². The molecular formula is C42H40N2. The molecule has 2 heteroatoms. The Labute approximate surface area is 262 Å². The quantitative estimate of drug-likeness (QED) is 0.179. The Balaban J connectivity index is 1.28. The molecule has 0 fully saturated rings. The lowest BCUT2D eigenvalue weighted by atomic mass is 9.92. The molecule has 0 aliphatic heterocycles. The molecule has 44 heavy (non-hydrogen) atoms. The predicted octanol–water partition coefficient (Wildman–Crippen LogP) is 12.0. The molecule has 0 unspecified atom stereocenters. The summed E-state index contributed by atoms with van der Waals surface area (Å²) < 4.78 is 0. The second-order valence-corrected chi connectivity index (χ2v) is 11.9. The van der Waals surface area contributed by atoms with E-state index < -0.39 is 0 Å². The van der Waals surface area contributed by atoms with Crippen LogP contribution >= 0.6 is 0 Å². The third kappa shape index (κ3) is 6.31. The smallest absolute Gasteiger partial charge is 0.0461 e. The van der Waals surface area contributed by atoms with Gasteiger partial charge in [-0.3, -0.25) is 0 Å². The van der Waals surface area contributed by atoms with Crippen LogP contribution in [0, 0.1) is 27.7 Å². The SMILES string of the molecule is Cc1ccc(N(c2ccc(C)cc2)c2ccc(C(C)c3ccc(N(c4ccc(C)cc4)c4ccc(C)cc4)cc3)cc2)cc1. The van der Waals surface area contributed by atoms with Gasteiger partial charge in [0.25, 0.3) is 0 Å². The first-order chi connectivity index (χ1) is 21.4. The summed E-state index contributed by atoms with van der Waals surface area (Å²) in [6.45, 7) is 10.8. The average Bonchev–Trinajstić information content (AvgIpc) is 3.05. The lowest BCUT2D eigenvalue weighted by molar-refractivity contribution is 0.922. The molecule has 6 aromatic carbocycles. The molecule has 6 rings (SSSR count). The number of nitrogens with zero attached hydrogens (tertiary/aromatic N) is 2. The van der Waals surface area contributed by atoms with Crippen LogP contribution in [0.3, 0.4) is 0 Å². The summed E-state index contributed by atoms with van der Waals surface area (Å²) in [6.07, 6.45) is 0. The van der Waals surface area contributed by atoms with E-state index in [1.807, 2.05) is 0 Å². The highest BCUT2D eigenvalue weighted by molar-refractivity contribution is 5.78. The van der Waals surface area contributed by atoms with Crippen molar-refractivity contribution < 1.29 is 0 Å². The summed E-state index contributed by atoms with van der Waals surface area (Å²) in [7, 11) is 0. The first-order valence-corrected chi connectivity index (χ1v) is 15.4. The summed E-state index contributed by atoms with van der Waals surface area (Å²) in [5.41, 5.74) is 14.5. The van der Waals surface area contributed by atoms with Crippen molar-refractivity contribution in [1.82, 2.24) is 0 Å². The van der Waals surface area contributed by atoms with E-state index in [1.54, 1.807) is 0 Å². The van der Waals surface area contributed by atoms with E-state index in [-0.39, 0.29) is 5.92 Å². The van der Waals surface area contributed by atoms with Gasteiger partial charge in [0.1, 0.15) is 0 Å². The molecule has 218 valence electrons. The van der Waals surface area contributed by atoms with Crippen molar-refractivity contribution in [3.05, 3.63) is 179 Å². The predicted molar refractivity (Wildman–Crippen MR) is 189 cm³/mol. The summed E-state index contributed by atoms with van der Waals surface area (Å²) in [4.78, 5) is 4.65. The Bertz CT molecular complexity index is 1570. The maximum atomic E-state index is 2.33. The van der Waals surface area contributed by atoms with Gasteiger partial charge in [-0.15, -0.1) is 0 Å². The van der Waals surface area contributed by atoms with Crippen molar-refractivity contribution in [2.45, 2.75) is 40.5 Å². The fourth-order valence-electron chi connectivity index (χ4n) is 5.69. The van der Waals surface area contributed by atoms with Crippen LogP contribution < -0.4 is 9.80 Å². The molecule has 2 nitrogen and oxygen atoms in total. The lowest BCUT2D eigenvalue weighted by Crippen LogP contribution is -2.10. The average molecular weight is 573 g/mol. The van der Waals surface area contributed by atoms with E-state index in [9.17, 15) is 0 Å². The molecule has 0 saturated carbocycles. The van der Waals surface area contributed by atoms with Crippen molar-refractivity contribution >= 4 is 34.1 Å². The van der Waals surface area contributed by atoms with Gasteiger partial charge in [0.15, 0.2) is 0 Å². The third-order valence-corrected chi connectivity index (χ3v) is 8.47. The summed E-state index contributed by atoms with van der Waals surface area (Å²) in [6, 6.07) is 53.1. The fraction of sp³-hybridized carbons (Fsp3) is 0.143. The third-order valence-electron chi connectivity index (χ3n) is 8.47. The second-order valence-electron chi connectivity index (χ2n) is 11.9. The second kappa shape index (κ2) is 12.7. The zero-order valence-electron chi connectivity index (χ0n) is 26.3. The van der Waals surface area contributed by atoms with Crippen LogP contribution in [0.25, 0.3) is 0 Å². The zero-order valence-corrected chi connectivity index (χ0v) is 26.3. The molecule has 0 aromatic heterocycles. The lowest BCUT2D eigenvalue weighted by Gasteiger charge is -2.27. The highest BCUT2D eigenvalue weighted by Crippen LogP contribution is 2.38. The topological polar surface area (TPSA) is 6.48 Å². The van der Waals surface area contributed by atoms with Gasteiger partial charge in [-0.25, -0.2) is 0 Å². The minimum Gasteiger partial charge on any atom is -0.311 e. The highest BCUT2D eigenvalue weighted by Gasteiger charge is 2.16. The molecule has 0 heterocycles. The molecule has 0 N–H and O–H groups in total. The van der Waals surface area contributed by atoms with Gasteiger partial charge in [-0.05, 0) is 112 Å². The Morgan fingerprint density at radius 1 is 0.295 bits per heavy atom. The first-order valence-electron chi connectivity index (χ1n) is 15.4. The number of rotatable bonds is 8. The van der Waals surface area contributed by atoms with Gasteiger partial charge in [0, 0.05) is 40.0 Å². The van der Waals surface area contributed by atoms with Gasteiger partial charge in [0.2, 0.25) is 0 Å². The van der Waals surface area contributed by atoms with Crippen LogP contribution in [0.2, 0.25) is 0 Å². The van der Waals surface area contributed by atoms with E-state index in [0.29, 0.717) is 0 Å². The van der Waals surface area contributed by atoms with Crippen LogP contribution in [0.4, 0.5) is 34.1 Å². The molecule has 0 aliphatic carbocycles. The van der Waals surface area contributed by atoms with Crippen LogP contribution in [0.1, 0.15) is 46.2 Å². The number of hydrogen-bond donors (Lipinski definition) is 0. The van der Waals surface area contributed by atoms with E-state index in [2.05, 4.69) is 190 Å². The van der Waals surface area contributed by atoms with Crippen LogP contribution in [-0.2, 0) is 0 Å². The number of anilines is 6. The van der Waals surface area contributed by atoms with E-state index in [1.165, 1.54) is 33.4 Å². The van der Waals surface area contributed by atoms with Gasteiger partial charge in [-0.2, -0.15) is 0 Å². The van der Waals surface area contributed by atoms with E-state index in [4.69, 9.17) is 0 Å². The van der Waals surface area contributed by atoms with Crippen molar-refractivity contribution in [1.29, 1.82) is 0 Å². The Morgan fingerprint density at radius 2 is 0.477 bits per heavy atom. The monoisotopic (exact) mass is 572 g/mol. The molecule has 0 bridgehead atoms. The summed E-state index contributed by atoms with van der Waals surface area (Å²) in [5, 5.41) is 0. The van der Waals surface area contributed by atoms with E-state index >= 15 is 0 Å². The van der Waals surface area contributed by atoms with Crippen LogP contribution in [-0.4, -0.2) is 0 Å². The summed E-state index contributed by atoms with van der Waals surface area (Å²) >= 11 is 0. The molecule has 0 atom stereocenters. The van der Waals surface area contributed by atoms with Gasteiger partial charge < -0.3 is 9.80 Å². The molecular weight excluding hydrogens is 532 g/mol. The largest absolute Gasteiger partial charge is 0.311 e. The number of benzene rings is 6. The molecule has 0 saturated heterocycles. The Kier molecular flexibility index (Phi) is 8.34. The molecule has 6 aromatic rings. The van der Waals surface area contributed by atoms with Crippen molar-refractivity contribution in [2.75, 3.05) is 9.80 Å². The minimum atomic E-state index is 0.262. The number of hydrogen-bond acceptors (Lipinski definition) is 2. The van der Waals surface area contributed by atoms with Crippen molar-refractivity contribution in [3.63, 3.8) is 0 Å². The van der Waals surface area contributed by atoms with E-state index in [0.717, 1.165) is 34.1 Å². The Morgan fingerprint density at radius 3 is 0.682 bits per heavy atom. The highest BCUT2D eigenvalue weighted by atomic mass is 15.1. The molecule has 0 spiro atoms. The zero-order chi connectivity index (χ0) is 30.6. The fourth-order valence-corrected chi connectivity index (χ4v) is 5.69. The van der Waals surface area contributed by atoms with Crippen LogP contribution in [0.15, 0.2) is 146 Å². The van der Waals surface area contributed by atoms with Crippen molar-refractivity contribution in [2.24, 2.45) is 0 Å². The minimum absolute atomic E-state index is 0.262. The molecule has 0 aliphatic rings. The number of aryl methyl sites for hydroxylation is 4. The van der Waals surface area contributed by atoms with Crippen molar-refractivity contribution in [3.8, 4) is 0 Å². The standard InChI is InChI=1S/C42H40N2/c1-30-6-18-37(19-7-30)43(38-20-8-31(2)9-21-38)41-26-14-35(15-27-41)34(5)36-16-28-42(29-17-36)44(39-22-10-32(3)11-23-39)40-24-12-33(4)13-25-40/h6-29,34H,1-5H3. The maximum Gasteiger partial charge on any atom is 0.0461 e. The maximum absolute atomic E-state index is 2.33. The van der Waals surface area contributed by atoms with Crippen LogP contribution in [0.5, 0.6) is 0 Å². The first kappa shape index (κ1) is 29.0. The van der Waals surface area contributed by atoms with Gasteiger partial charge in [0.05, 0.1) is 0 Å². The normalized spacial score (nSPS) is 11.0. The summed E-state index contributed by atoms with van der Waals surface area (Å²) in [5.74, 6) is 0.262.